The minimum absolute atomic E-state index is 0.110. The van der Waals surface area contributed by atoms with E-state index in [2.05, 4.69) is 15.9 Å². The average Bonchev–Trinajstić information content (AvgIpc) is 2.21. The van der Waals surface area contributed by atoms with Crippen molar-refractivity contribution in [1.82, 2.24) is 0 Å². The van der Waals surface area contributed by atoms with Gasteiger partial charge in [-0.05, 0) is 17.2 Å². The zero-order chi connectivity index (χ0) is 10.6. The third-order valence-electron chi connectivity index (χ3n) is 1.80. The number of halogens is 3. The molecule has 0 unspecified atom stereocenters. The summed E-state index contributed by atoms with van der Waals surface area (Å²) in [5, 5.41) is 0.974. The Labute approximate surface area is 102 Å². The van der Waals surface area contributed by atoms with Crippen LogP contribution in [0, 0.1) is 0 Å². The number of ketones is 1. The molecule has 1 rings (SSSR count). The lowest BCUT2D eigenvalue weighted by Gasteiger charge is -2.04. The molecule has 4 heteroatoms. The highest BCUT2D eigenvalue weighted by Gasteiger charge is 2.06. The molecule has 0 N–H and O–H groups in total. The minimum atomic E-state index is 0.110. The van der Waals surface area contributed by atoms with E-state index in [0.29, 0.717) is 22.7 Å². The molecule has 0 amide bonds. The monoisotopic (exact) mass is 294 g/mol. The number of rotatable bonds is 4. The molecular formula is C10H9BrCl2O. The molecule has 0 fully saturated rings. The summed E-state index contributed by atoms with van der Waals surface area (Å²) in [7, 11) is 0. The van der Waals surface area contributed by atoms with E-state index in [0.717, 1.165) is 11.1 Å². The predicted molar refractivity (Wildman–Crippen MR) is 63.5 cm³/mol. The minimum Gasteiger partial charge on any atom is -0.298 e. The molecule has 0 radical (unpaired) electrons. The standard InChI is InChI=1S/C10H9BrCl2O/c11-5-9(14)4-8-3-7(6-12)1-2-10(8)13/h1-3H,4-6H2. The van der Waals surface area contributed by atoms with Crippen LogP contribution >= 0.6 is 39.1 Å². The van der Waals surface area contributed by atoms with Crippen LogP contribution in [0.15, 0.2) is 18.2 Å². The fourth-order valence-electron chi connectivity index (χ4n) is 1.11. The van der Waals surface area contributed by atoms with E-state index < -0.39 is 0 Å². The average molecular weight is 296 g/mol. The molecule has 0 atom stereocenters. The topological polar surface area (TPSA) is 17.1 Å². The van der Waals surface area contributed by atoms with Crippen LogP contribution in [-0.2, 0) is 17.1 Å². The molecule has 0 heterocycles. The van der Waals surface area contributed by atoms with Crippen LogP contribution in [0.2, 0.25) is 5.02 Å². The van der Waals surface area contributed by atoms with Crippen molar-refractivity contribution in [3.63, 3.8) is 0 Å². The smallest absolute Gasteiger partial charge is 0.147 e. The van der Waals surface area contributed by atoms with E-state index in [1.54, 1.807) is 6.07 Å². The second kappa shape index (κ2) is 5.74. The fourth-order valence-corrected chi connectivity index (χ4v) is 1.66. The Morgan fingerprint density at radius 1 is 1.43 bits per heavy atom. The number of alkyl halides is 2. The van der Waals surface area contributed by atoms with Crippen molar-refractivity contribution < 1.29 is 4.79 Å². The molecule has 0 aliphatic rings. The molecule has 1 aromatic carbocycles. The molecule has 1 nitrogen and oxygen atoms in total. The van der Waals surface area contributed by atoms with Crippen LogP contribution in [0.3, 0.4) is 0 Å². The van der Waals surface area contributed by atoms with Crippen molar-refractivity contribution in [2.45, 2.75) is 12.3 Å². The molecule has 0 bridgehead atoms. The van der Waals surface area contributed by atoms with Crippen LogP contribution in [0.4, 0.5) is 0 Å². The highest BCUT2D eigenvalue weighted by molar-refractivity contribution is 9.09. The Bertz CT molecular complexity index is 339. The zero-order valence-corrected chi connectivity index (χ0v) is 10.5. The lowest BCUT2D eigenvalue weighted by Crippen LogP contribution is -2.04. The summed E-state index contributed by atoms with van der Waals surface area (Å²) in [6.45, 7) is 0. The van der Waals surface area contributed by atoms with Gasteiger partial charge in [-0.1, -0.05) is 39.7 Å². The quantitative estimate of drug-likeness (QED) is 0.776. The first-order valence-corrected chi connectivity index (χ1v) is 6.11. The van der Waals surface area contributed by atoms with Gasteiger partial charge in [0.25, 0.3) is 0 Å². The van der Waals surface area contributed by atoms with Crippen LogP contribution in [0.5, 0.6) is 0 Å². The Kier molecular flexibility index (Phi) is 4.93. The van der Waals surface area contributed by atoms with Gasteiger partial charge in [-0.3, -0.25) is 4.79 Å². The zero-order valence-electron chi connectivity index (χ0n) is 7.40. The van der Waals surface area contributed by atoms with E-state index in [9.17, 15) is 4.79 Å². The van der Waals surface area contributed by atoms with E-state index in [1.807, 2.05) is 12.1 Å². The summed E-state index contributed by atoms with van der Waals surface area (Å²) in [5.74, 6) is 0.547. The van der Waals surface area contributed by atoms with Crippen molar-refractivity contribution in [1.29, 1.82) is 0 Å². The Morgan fingerprint density at radius 2 is 2.14 bits per heavy atom. The molecule has 0 spiro atoms. The summed E-state index contributed by atoms with van der Waals surface area (Å²) in [5.41, 5.74) is 1.82. The van der Waals surface area contributed by atoms with Crippen molar-refractivity contribution >= 4 is 44.9 Å². The number of hydrogen-bond acceptors (Lipinski definition) is 1. The molecule has 1 aromatic rings. The van der Waals surface area contributed by atoms with Crippen molar-refractivity contribution in [2.75, 3.05) is 5.33 Å². The molecule has 0 saturated carbocycles. The van der Waals surface area contributed by atoms with Gasteiger partial charge in [-0.25, -0.2) is 0 Å². The summed E-state index contributed by atoms with van der Waals surface area (Å²) >= 11 is 14.7. The van der Waals surface area contributed by atoms with Gasteiger partial charge in [-0.15, -0.1) is 11.6 Å². The SMILES string of the molecule is O=C(CBr)Cc1cc(CCl)ccc1Cl. The van der Waals surface area contributed by atoms with Gasteiger partial charge in [0.1, 0.15) is 5.78 Å². The van der Waals surface area contributed by atoms with Gasteiger partial charge in [0.05, 0.1) is 5.33 Å². The number of benzene rings is 1. The van der Waals surface area contributed by atoms with Crippen LogP contribution < -0.4 is 0 Å². The van der Waals surface area contributed by atoms with Gasteiger partial charge in [0.2, 0.25) is 0 Å². The Morgan fingerprint density at radius 3 is 2.71 bits per heavy atom. The van der Waals surface area contributed by atoms with Crippen molar-refractivity contribution in [3.05, 3.63) is 34.3 Å². The largest absolute Gasteiger partial charge is 0.298 e. The maximum Gasteiger partial charge on any atom is 0.147 e. The highest BCUT2D eigenvalue weighted by Crippen LogP contribution is 2.19. The molecule has 14 heavy (non-hydrogen) atoms. The lowest BCUT2D eigenvalue weighted by atomic mass is 10.1. The maximum absolute atomic E-state index is 11.2. The molecule has 0 aliphatic heterocycles. The normalized spacial score (nSPS) is 10.2. The summed E-state index contributed by atoms with van der Waals surface area (Å²) in [6.07, 6.45) is 0.356. The predicted octanol–water partition coefficient (Wildman–Crippen LogP) is 3.59. The summed E-state index contributed by atoms with van der Waals surface area (Å²) in [4.78, 5) is 11.2. The number of Topliss-reactive ketones (excluding diaryl/α,β-unsaturated/α-hetero) is 1. The fraction of sp³-hybridized carbons (Fsp3) is 0.300. The molecule has 0 aromatic heterocycles. The number of carbonyl (C=O) groups excluding carboxylic acids is 1. The lowest BCUT2D eigenvalue weighted by molar-refractivity contribution is -0.115. The van der Waals surface area contributed by atoms with E-state index >= 15 is 0 Å². The van der Waals surface area contributed by atoms with Crippen LogP contribution in [0.25, 0.3) is 0 Å². The maximum atomic E-state index is 11.2. The third-order valence-corrected chi connectivity index (χ3v) is 3.10. The Balaban J connectivity index is 2.89. The van der Waals surface area contributed by atoms with Crippen LogP contribution in [-0.4, -0.2) is 11.1 Å². The number of hydrogen-bond donors (Lipinski definition) is 0. The van der Waals surface area contributed by atoms with E-state index in [1.165, 1.54) is 0 Å². The van der Waals surface area contributed by atoms with Gasteiger partial charge >= 0.3 is 0 Å². The van der Waals surface area contributed by atoms with Crippen molar-refractivity contribution in [2.24, 2.45) is 0 Å². The van der Waals surface area contributed by atoms with E-state index in [4.69, 9.17) is 23.2 Å². The van der Waals surface area contributed by atoms with Gasteiger partial charge in [0.15, 0.2) is 0 Å². The second-order valence-electron chi connectivity index (χ2n) is 2.91. The van der Waals surface area contributed by atoms with Gasteiger partial charge in [-0.2, -0.15) is 0 Å². The summed E-state index contributed by atoms with van der Waals surface area (Å²) < 4.78 is 0. The van der Waals surface area contributed by atoms with Crippen molar-refractivity contribution in [3.8, 4) is 0 Å². The third kappa shape index (κ3) is 3.26. The molecule has 0 aliphatic carbocycles. The first kappa shape index (κ1) is 12.0. The highest BCUT2D eigenvalue weighted by atomic mass is 79.9. The van der Waals surface area contributed by atoms with Gasteiger partial charge < -0.3 is 0 Å². The first-order valence-electron chi connectivity index (χ1n) is 4.08. The summed E-state index contributed by atoms with van der Waals surface area (Å²) in [6, 6.07) is 5.50. The van der Waals surface area contributed by atoms with E-state index in [-0.39, 0.29) is 5.78 Å². The Hall–Kier alpha value is -0.0500. The molecular weight excluding hydrogens is 287 g/mol. The van der Waals surface area contributed by atoms with Gasteiger partial charge in [0, 0.05) is 17.3 Å². The second-order valence-corrected chi connectivity index (χ2v) is 4.14. The first-order chi connectivity index (χ1) is 6.67. The molecule has 0 saturated heterocycles. The number of carbonyl (C=O) groups is 1. The molecule has 76 valence electrons. The van der Waals surface area contributed by atoms with Crippen LogP contribution in [0.1, 0.15) is 11.1 Å².